The zero-order valence-electron chi connectivity index (χ0n) is 9.07. The second kappa shape index (κ2) is 5.65. The molecule has 0 saturated heterocycles. The van der Waals surface area contributed by atoms with Crippen molar-refractivity contribution in [3.05, 3.63) is 22.9 Å². The van der Waals surface area contributed by atoms with Crippen LogP contribution in [0.15, 0.2) is 6.07 Å². The molecule has 11 heteroatoms. The molecule has 0 aromatic carbocycles. The van der Waals surface area contributed by atoms with Crippen LogP contribution in [0.2, 0.25) is 0 Å². The number of ether oxygens (including phenoxy) is 1. The van der Waals surface area contributed by atoms with E-state index in [1.807, 2.05) is 0 Å². The molecule has 0 radical (unpaired) electrons. The van der Waals surface area contributed by atoms with Gasteiger partial charge < -0.3 is 4.74 Å². The largest absolute Gasteiger partial charge is 0.574 e. The van der Waals surface area contributed by atoms with Crippen LogP contribution < -0.4 is 4.74 Å². The molecule has 112 valence electrons. The summed E-state index contributed by atoms with van der Waals surface area (Å²) < 4.78 is 77.4. The van der Waals surface area contributed by atoms with E-state index in [1.54, 1.807) is 0 Å². The molecule has 0 N–H and O–H groups in total. The quantitative estimate of drug-likeness (QED) is 0.471. The van der Waals surface area contributed by atoms with Crippen LogP contribution in [0, 0.1) is 0 Å². The number of hydrogen-bond acceptors (Lipinski definition) is 3. The van der Waals surface area contributed by atoms with Gasteiger partial charge in [-0.25, -0.2) is 4.98 Å². The summed E-state index contributed by atoms with van der Waals surface area (Å²) in [6.07, 6.45) is -10.4. The van der Waals surface area contributed by atoms with Crippen molar-refractivity contribution in [1.82, 2.24) is 4.98 Å². The summed E-state index contributed by atoms with van der Waals surface area (Å²) in [6.45, 7) is 0. The Bertz CT molecular complexity index is 528. The smallest absolute Gasteiger partial charge is 0.388 e. The standard InChI is InChI=1S/C9H3Cl2F6NO2/c10-2-4-6(7(11)19)3(8(12,13)14)1-5(18-4)20-9(15,16)17/h1H,2H2. The maximum Gasteiger partial charge on any atom is 0.574 e. The lowest BCUT2D eigenvalue weighted by atomic mass is 10.1. The number of rotatable bonds is 3. The van der Waals surface area contributed by atoms with Crippen molar-refractivity contribution in [2.45, 2.75) is 18.4 Å². The van der Waals surface area contributed by atoms with Crippen LogP contribution in [-0.2, 0) is 12.1 Å². The molecule has 0 aliphatic carbocycles. The van der Waals surface area contributed by atoms with Gasteiger partial charge in [0.2, 0.25) is 5.88 Å². The molecule has 0 atom stereocenters. The summed E-state index contributed by atoms with van der Waals surface area (Å²) in [5, 5.41) is -1.54. The third-order valence-corrected chi connectivity index (χ3v) is 2.36. The van der Waals surface area contributed by atoms with Crippen molar-refractivity contribution in [2.24, 2.45) is 0 Å². The SMILES string of the molecule is O=C(Cl)c1c(C(F)(F)F)cc(OC(F)(F)F)nc1CCl. The minimum absolute atomic E-state index is 0.0703. The molecule has 1 aromatic rings. The van der Waals surface area contributed by atoms with Crippen LogP contribution >= 0.6 is 23.2 Å². The molecule has 0 amide bonds. The molecule has 0 aliphatic rings. The Kier molecular flexibility index (Phi) is 4.75. The lowest BCUT2D eigenvalue weighted by molar-refractivity contribution is -0.276. The van der Waals surface area contributed by atoms with E-state index >= 15 is 0 Å². The second-order valence-corrected chi connectivity index (χ2v) is 3.89. The minimum atomic E-state index is -5.24. The van der Waals surface area contributed by atoms with Gasteiger partial charge in [0.1, 0.15) is 0 Å². The van der Waals surface area contributed by atoms with E-state index in [0.29, 0.717) is 0 Å². The number of carbonyl (C=O) groups is 1. The molecule has 1 aromatic heterocycles. The Labute approximate surface area is 117 Å². The summed E-state index contributed by atoms with van der Waals surface area (Å²) in [5.41, 5.74) is -3.58. The van der Waals surface area contributed by atoms with Crippen LogP contribution in [0.25, 0.3) is 0 Å². The molecular formula is C9H3Cl2F6NO2. The fraction of sp³-hybridized carbons (Fsp3) is 0.333. The summed E-state index contributed by atoms with van der Waals surface area (Å²) in [6, 6.07) is -0.0703. The number of aromatic nitrogens is 1. The van der Waals surface area contributed by atoms with Gasteiger partial charge in [0, 0.05) is 6.07 Å². The van der Waals surface area contributed by atoms with Crippen molar-refractivity contribution >= 4 is 28.4 Å². The number of alkyl halides is 7. The van der Waals surface area contributed by atoms with Crippen LogP contribution in [-0.4, -0.2) is 16.6 Å². The number of pyridine rings is 1. The number of nitrogens with zero attached hydrogens (tertiary/aromatic N) is 1. The number of carbonyl (C=O) groups excluding carboxylic acids is 1. The van der Waals surface area contributed by atoms with Gasteiger partial charge in [-0.3, -0.25) is 4.79 Å². The van der Waals surface area contributed by atoms with Gasteiger partial charge in [-0.1, -0.05) is 0 Å². The first-order chi connectivity index (χ1) is 8.95. The molecule has 0 spiro atoms. The normalized spacial score (nSPS) is 12.4. The van der Waals surface area contributed by atoms with Crippen molar-refractivity contribution < 1.29 is 35.9 Å². The van der Waals surface area contributed by atoms with Gasteiger partial charge in [0.05, 0.1) is 22.7 Å². The van der Waals surface area contributed by atoms with Gasteiger partial charge in [-0.15, -0.1) is 24.8 Å². The minimum Gasteiger partial charge on any atom is -0.388 e. The predicted molar refractivity (Wildman–Crippen MR) is 55.7 cm³/mol. The van der Waals surface area contributed by atoms with E-state index in [9.17, 15) is 31.1 Å². The average molecular weight is 342 g/mol. The first-order valence-electron chi connectivity index (χ1n) is 4.58. The van der Waals surface area contributed by atoms with Gasteiger partial charge in [-0.05, 0) is 11.6 Å². The molecule has 0 fully saturated rings. The highest BCUT2D eigenvalue weighted by molar-refractivity contribution is 6.68. The summed E-state index contributed by atoms with van der Waals surface area (Å²) in [5.74, 6) is -2.14. The van der Waals surface area contributed by atoms with Crippen LogP contribution in [0.5, 0.6) is 5.88 Å². The third kappa shape index (κ3) is 4.14. The Morgan fingerprint density at radius 1 is 1.25 bits per heavy atom. The molecule has 3 nitrogen and oxygen atoms in total. The summed E-state index contributed by atoms with van der Waals surface area (Å²) in [4.78, 5) is 14.1. The Balaban J connectivity index is 3.52. The first-order valence-corrected chi connectivity index (χ1v) is 5.49. The highest BCUT2D eigenvalue weighted by Crippen LogP contribution is 2.37. The molecule has 1 rings (SSSR count). The molecule has 1 heterocycles. The fourth-order valence-electron chi connectivity index (χ4n) is 1.28. The lowest BCUT2D eigenvalue weighted by Crippen LogP contribution is -2.21. The molecule has 0 unspecified atom stereocenters. The summed E-state index contributed by atoms with van der Waals surface area (Å²) >= 11 is 10.2. The Hall–Kier alpha value is -1.22. The van der Waals surface area contributed by atoms with E-state index in [1.165, 1.54) is 0 Å². The van der Waals surface area contributed by atoms with Gasteiger partial charge in [0.15, 0.2) is 0 Å². The van der Waals surface area contributed by atoms with E-state index in [2.05, 4.69) is 9.72 Å². The van der Waals surface area contributed by atoms with Crippen LogP contribution in [0.3, 0.4) is 0 Å². The lowest BCUT2D eigenvalue weighted by Gasteiger charge is -2.15. The Morgan fingerprint density at radius 3 is 2.15 bits per heavy atom. The number of hydrogen-bond donors (Lipinski definition) is 0. The van der Waals surface area contributed by atoms with Crippen molar-refractivity contribution in [2.75, 3.05) is 0 Å². The third-order valence-electron chi connectivity index (χ3n) is 1.92. The molecule has 0 bridgehead atoms. The van der Waals surface area contributed by atoms with E-state index in [0.717, 1.165) is 0 Å². The van der Waals surface area contributed by atoms with Gasteiger partial charge in [0.25, 0.3) is 5.24 Å². The summed E-state index contributed by atoms with van der Waals surface area (Å²) in [7, 11) is 0. The number of halogens is 8. The van der Waals surface area contributed by atoms with Crippen molar-refractivity contribution in [3.63, 3.8) is 0 Å². The van der Waals surface area contributed by atoms with Crippen molar-refractivity contribution in [3.8, 4) is 5.88 Å². The van der Waals surface area contributed by atoms with Gasteiger partial charge >= 0.3 is 12.5 Å². The fourth-order valence-corrected chi connectivity index (χ4v) is 1.69. The van der Waals surface area contributed by atoms with E-state index in [4.69, 9.17) is 23.2 Å². The second-order valence-electron chi connectivity index (χ2n) is 3.28. The maximum atomic E-state index is 12.7. The monoisotopic (exact) mass is 341 g/mol. The zero-order valence-corrected chi connectivity index (χ0v) is 10.6. The van der Waals surface area contributed by atoms with Crippen LogP contribution in [0.1, 0.15) is 21.6 Å². The average Bonchev–Trinajstić information content (AvgIpc) is 2.23. The highest BCUT2D eigenvalue weighted by Gasteiger charge is 2.39. The Morgan fingerprint density at radius 2 is 1.80 bits per heavy atom. The molecular weight excluding hydrogens is 339 g/mol. The topological polar surface area (TPSA) is 39.2 Å². The van der Waals surface area contributed by atoms with Crippen LogP contribution in [0.4, 0.5) is 26.3 Å². The van der Waals surface area contributed by atoms with Gasteiger partial charge in [-0.2, -0.15) is 13.2 Å². The molecule has 0 saturated carbocycles. The molecule has 20 heavy (non-hydrogen) atoms. The first kappa shape index (κ1) is 16.8. The predicted octanol–water partition coefficient (Wildman–Crippen LogP) is 4.12. The molecule has 0 aliphatic heterocycles. The van der Waals surface area contributed by atoms with Crippen molar-refractivity contribution in [1.29, 1.82) is 0 Å². The van der Waals surface area contributed by atoms with E-state index in [-0.39, 0.29) is 6.07 Å². The maximum absolute atomic E-state index is 12.7. The van der Waals surface area contributed by atoms with E-state index < -0.39 is 46.4 Å². The highest BCUT2D eigenvalue weighted by atomic mass is 35.5. The zero-order chi connectivity index (χ0) is 15.7.